The number of aromatic nitrogens is 2. The maximum atomic E-state index is 11.2. The number of nitrogens with one attached hydrogen (secondary N) is 3. The van der Waals surface area contributed by atoms with Crippen molar-refractivity contribution in [1.82, 2.24) is 15.3 Å². The van der Waals surface area contributed by atoms with Gasteiger partial charge in [-0.1, -0.05) is 13.8 Å². The van der Waals surface area contributed by atoms with E-state index in [1.807, 2.05) is 6.92 Å². The fourth-order valence-corrected chi connectivity index (χ4v) is 1.64. The van der Waals surface area contributed by atoms with Crippen molar-refractivity contribution in [1.29, 1.82) is 0 Å². The van der Waals surface area contributed by atoms with Gasteiger partial charge in [-0.05, 0) is 12.8 Å². The molecule has 1 amide bonds. The van der Waals surface area contributed by atoms with Crippen LogP contribution in [0.1, 0.15) is 32.3 Å². The number of hydrogen-bond donors (Lipinski definition) is 3. The maximum Gasteiger partial charge on any atom is 0.239 e. The highest BCUT2D eigenvalue weighted by Gasteiger charge is 2.14. The lowest BCUT2D eigenvalue weighted by Gasteiger charge is -2.17. The number of likely N-dealkylation sites (N-methyl/N-ethyl adjacent to an activating group) is 1. The van der Waals surface area contributed by atoms with Crippen LogP contribution in [0, 0.1) is 0 Å². The van der Waals surface area contributed by atoms with Crippen molar-refractivity contribution in [3.8, 4) is 0 Å². The molecule has 1 rings (SSSR count). The third-order valence-electron chi connectivity index (χ3n) is 2.50. The number of hydrogen-bond acceptors (Lipinski definition) is 5. The molecule has 0 spiro atoms. The van der Waals surface area contributed by atoms with Crippen molar-refractivity contribution in [2.75, 3.05) is 30.8 Å². The molecule has 0 aliphatic rings. The third-order valence-corrected chi connectivity index (χ3v) is 2.50. The van der Waals surface area contributed by atoms with Crippen molar-refractivity contribution in [2.24, 2.45) is 0 Å². The lowest BCUT2D eigenvalue weighted by atomic mass is 10.0. The lowest BCUT2D eigenvalue weighted by Crippen LogP contribution is -2.27. The van der Waals surface area contributed by atoms with Crippen molar-refractivity contribution >= 4 is 17.5 Å². The Morgan fingerprint density at radius 1 is 1.28 bits per heavy atom. The topological polar surface area (TPSA) is 78.9 Å². The highest BCUT2D eigenvalue weighted by atomic mass is 16.1. The summed E-state index contributed by atoms with van der Waals surface area (Å²) in [7, 11) is 1.61. The number of carbonyl (C=O) groups excluding carboxylic acids is 1. The van der Waals surface area contributed by atoms with E-state index in [0.717, 1.165) is 17.9 Å². The standard InChI is InChI=1S/C12H21N5O/c1-5-14-11-10(8(2)3)12(17-7-16-11)15-6-9(18)13-4/h7-8H,5-6H2,1-4H3,(H,13,18)(H2,14,15,16,17). The number of anilines is 2. The SMILES string of the molecule is CCNc1ncnc(NCC(=O)NC)c1C(C)C. The van der Waals surface area contributed by atoms with Gasteiger partial charge in [-0.15, -0.1) is 0 Å². The minimum atomic E-state index is -0.0756. The minimum Gasteiger partial charge on any atom is -0.370 e. The molecule has 0 bridgehead atoms. The monoisotopic (exact) mass is 251 g/mol. The first-order chi connectivity index (χ1) is 8.60. The summed E-state index contributed by atoms with van der Waals surface area (Å²) >= 11 is 0. The van der Waals surface area contributed by atoms with Gasteiger partial charge in [0.05, 0.1) is 6.54 Å². The largest absolute Gasteiger partial charge is 0.370 e. The second-order valence-electron chi connectivity index (χ2n) is 4.20. The summed E-state index contributed by atoms with van der Waals surface area (Å²) in [6, 6.07) is 0. The summed E-state index contributed by atoms with van der Waals surface area (Å²) in [6.07, 6.45) is 1.50. The van der Waals surface area contributed by atoms with Crippen LogP contribution in [-0.2, 0) is 4.79 Å². The zero-order chi connectivity index (χ0) is 13.5. The fraction of sp³-hybridized carbons (Fsp3) is 0.583. The first-order valence-electron chi connectivity index (χ1n) is 6.13. The number of carbonyl (C=O) groups is 1. The Morgan fingerprint density at radius 2 is 1.89 bits per heavy atom. The van der Waals surface area contributed by atoms with Crippen molar-refractivity contribution in [3.05, 3.63) is 11.9 Å². The van der Waals surface area contributed by atoms with Crippen LogP contribution in [0.4, 0.5) is 11.6 Å². The summed E-state index contributed by atoms with van der Waals surface area (Å²) in [5, 5.41) is 8.81. The zero-order valence-corrected chi connectivity index (χ0v) is 11.4. The Hall–Kier alpha value is -1.85. The van der Waals surface area contributed by atoms with Crippen LogP contribution in [0.3, 0.4) is 0 Å². The van der Waals surface area contributed by atoms with Gasteiger partial charge in [0.15, 0.2) is 0 Å². The van der Waals surface area contributed by atoms with Gasteiger partial charge < -0.3 is 16.0 Å². The molecule has 18 heavy (non-hydrogen) atoms. The molecule has 0 aliphatic heterocycles. The Morgan fingerprint density at radius 3 is 2.39 bits per heavy atom. The maximum absolute atomic E-state index is 11.2. The third kappa shape index (κ3) is 3.58. The summed E-state index contributed by atoms with van der Waals surface area (Å²) < 4.78 is 0. The Labute approximate surface area is 108 Å². The van der Waals surface area contributed by atoms with Gasteiger partial charge in [0, 0.05) is 19.2 Å². The van der Waals surface area contributed by atoms with E-state index < -0.39 is 0 Å². The fourth-order valence-electron chi connectivity index (χ4n) is 1.64. The van der Waals surface area contributed by atoms with E-state index in [0.29, 0.717) is 5.82 Å². The van der Waals surface area contributed by atoms with Crippen LogP contribution in [0.15, 0.2) is 6.33 Å². The van der Waals surface area contributed by atoms with Crippen LogP contribution in [0.2, 0.25) is 0 Å². The van der Waals surface area contributed by atoms with Crippen molar-refractivity contribution < 1.29 is 4.79 Å². The predicted molar refractivity (Wildman–Crippen MR) is 72.8 cm³/mol. The molecule has 1 aromatic rings. The van der Waals surface area contributed by atoms with E-state index in [1.165, 1.54) is 6.33 Å². The van der Waals surface area contributed by atoms with E-state index >= 15 is 0 Å². The van der Waals surface area contributed by atoms with E-state index in [2.05, 4.69) is 39.8 Å². The number of amides is 1. The molecule has 0 radical (unpaired) electrons. The normalized spacial score (nSPS) is 10.3. The highest BCUT2D eigenvalue weighted by Crippen LogP contribution is 2.27. The van der Waals surface area contributed by atoms with Gasteiger partial charge in [-0.3, -0.25) is 4.79 Å². The van der Waals surface area contributed by atoms with Gasteiger partial charge in [0.2, 0.25) is 5.91 Å². The van der Waals surface area contributed by atoms with E-state index in [-0.39, 0.29) is 18.4 Å². The molecule has 0 fully saturated rings. The molecule has 0 atom stereocenters. The molecule has 0 saturated heterocycles. The van der Waals surface area contributed by atoms with Gasteiger partial charge >= 0.3 is 0 Å². The molecule has 3 N–H and O–H groups in total. The molecular formula is C12H21N5O. The van der Waals surface area contributed by atoms with Crippen LogP contribution >= 0.6 is 0 Å². The second-order valence-corrected chi connectivity index (χ2v) is 4.20. The molecule has 0 saturated carbocycles. The van der Waals surface area contributed by atoms with E-state index in [4.69, 9.17) is 0 Å². The average Bonchev–Trinajstić information content (AvgIpc) is 2.36. The molecule has 1 heterocycles. The molecule has 6 heteroatoms. The van der Waals surface area contributed by atoms with Gasteiger partial charge in [0.1, 0.15) is 18.0 Å². The molecule has 0 unspecified atom stereocenters. The average molecular weight is 251 g/mol. The van der Waals surface area contributed by atoms with Gasteiger partial charge in [-0.25, -0.2) is 9.97 Å². The number of rotatable bonds is 6. The van der Waals surface area contributed by atoms with Crippen molar-refractivity contribution in [3.63, 3.8) is 0 Å². The molecular weight excluding hydrogens is 230 g/mol. The zero-order valence-electron chi connectivity index (χ0n) is 11.4. The first kappa shape index (κ1) is 14.2. The second kappa shape index (κ2) is 6.78. The smallest absolute Gasteiger partial charge is 0.239 e. The van der Waals surface area contributed by atoms with Crippen LogP contribution in [0.5, 0.6) is 0 Å². The Balaban J connectivity index is 2.95. The lowest BCUT2D eigenvalue weighted by molar-refractivity contribution is -0.118. The Kier molecular flexibility index (Phi) is 5.35. The molecule has 0 aliphatic carbocycles. The summed E-state index contributed by atoms with van der Waals surface area (Å²) in [5.74, 6) is 1.72. The molecule has 1 aromatic heterocycles. The van der Waals surface area contributed by atoms with E-state index in [1.54, 1.807) is 7.05 Å². The Bertz CT molecular complexity index is 405. The quantitative estimate of drug-likeness (QED) is 0.708. The molecule has 6 nitrogen and oxygen atoms in total. The molecule has 100 valence electrons. The summed E-state index contributed by atoms with van der Waals surface area (Å²) in [5.41, 5.74) is 1.00. The minimum absolute atomic E-state index is 0.0756. The van der Waals surface area contributed by atoms with Gasteiger partial charge in [0.25, 0.3) is 0 Å². The van der Waals surface area contributed by atoms with Crippen molar-refractivity contribution in [2.45, 2.75) is 26.7 Å². The highest BCUT2D eigenvalue weighted by molar-refractivity contribution is 5.80. The summed E-state index contributed by atoms with van der Waals surface area (Å²) in [4.78, 5) is 19.7. The molecule has 0 aromatic carbocycles. The summed E-state index contributed by atoms with van der Waals surface area (Å²) in [6.45, 7) is 7.17. The van der Waals surface area contributed by atoms with E-state index in [9.17, 15) is 4.79 Å². The van der Waals surface area contributed by atoms with Crippen LogP contribution in [0.25, 0.3) is 0 Å². The first-order valence-corrected chi connectivity index (χ1v) is 6.13. The predicted octanol–water partition coefficient (Wildman–Crippen LogP) is 1.19. The van der Waals surface area contributed by atoms with Crippen LogP contribution in [-0.4, -0.2) is 36.0 Å². The number of nitrogens with zero attached hydrogens (tertiary/aromatic N) is 2. The van der Waals surface area contributed by atoms with Crippen LogP contribution < -0.4 is 16.0 Å². The van der Waals surface area contributed by atoms with Gasteiger partial charge in [-0.2, -0.15) is 0 Å².